The molecule has 0 N–H and O–H groups in total. The molecule has 0 aliphatic rings. The number of halogens is 3. The van der Waals surface area contributed by atoms with Crippen LogP contribution in [0, 0.1) is 0 Å². The van der Waals surface area contributed by atoms with Crippen LogP contribution in [0.25, 0.3) is 0 Å². The van der Waals surface area contributed by atoms with Crippen LogP contribution >= 0.6 is 27.7 Å². The van der Waals surface area contributed by atoms with Crippen molar-refractivity contribution in [1.29, 1.82) is 0 Å². The van der Waals surface area contributed by atoms with Crippen LogP contribution in [-0.2, 0) is 13.0 Å². The van der Waals surface area contributed by atoms with E-state index in [0.717, 1.165) is 38.7 Å². The SMILES string of the molecule is FC(F)=C[C@@H](CCc1ccc(OCc2ccccc2)cc1)Sc1ccc(Br)cc1. The van der Waals surface area contributed by atoms with E-state index in [9.17, 15) is 8.78 Å². The van der Waals surface area contributed by atoms with E-state index in [1.54, 1.807) is 0 Å². The maximum absolute atomic E-state index is 12.9. The smallest absolute Gasteiger partial charge is 0.267 e. The van der Waals surface area contributed by atoms with Gasteiger partial charge < -0.3 is 4.74 Å². The van der Waals surface area contributed by atoms with E-state index >= 15 is 0 Å². The van der Waals surface area contributed by atoms with Gasteiger partial charge in [-0.05, 0) is 66.4 Å². The lowest BCUT2D eigenvalue weighted by atomic mass is 10.1. The highest BCUT2D eigenvalue weighted by molar-refractivity contribution is 9.10. The number of hydrogen-bond donors (Lipinski definition) is 0. The number of benzene rings is 3. The van der Waals surface area contributed by atoms with E-state index in [1.807, 2.05) is 78.9 Å². The van der Waals surface area contributed by atoms with Crippen molar-refractivity contribution in [2.45, 2.75) is 29.6 Å². The van der Waals surface area contributed by atoms with Crippen molar-refractivity contribution in [1.82, 2.24) is 0 Å². The number of hydrogen-bond acceptors (Lipinski definition) is 2. The molecule has 0 spiro atoms. The van der Waals surface area contributed by atoms with Crippen LogP contribution < -0.4 is 4.74 Å². The molecule has 0 aliphatic carbocycles. The third-order valence-electron chi connectivity index (χ3n) is 4.30. The Morgan fingerprint density at radius 2 is 1.59 bits per heavy atom. The van der Waals surface area contributed by atoms with Crippen LogP contribution in [0.1, 0.15) is 17.5 Å². The van der Waals surface area contributed by atoms with Gasteiger partial charge in [0.25, 0.3) is 6.08 Å². The van der Waals surface area contributed by atoms with Crippen LogP contribution in [0.15, 0.2) is 100 Å². The third-order valence-corrected chi connectivity index (χ3v) is 6.05. The van der Waals surface area contributed by atoms with Gasteiger partial charge in [0.2, 0.25) is 0 Å². The fourth-order valence-electron chi connectivity index (χ4n) is 2.81. The summed E-state index contributed by atoms with van der Waals surface area (Å²) in [6.07, 6.45) is 0.757. The van der Waals surface area contributed by atoms with Gasteiger partial charge in [-0.1, -0.05) is 58.4 Å². The maximum atomic E-state index is 12.9. The minimum absolute atomic E-state index is 0.282. The highest BCUT2D eigenvalue weighted by Gasteiger charge is 2.11. The van der Waals surface area contributed by atoms with E-state index in [2.05, 4.69) is 15.9 Å². The molecule has 0 fully saturated rings. The molecule has 1 nitrogen and oxygen atoms in total. The molecule has 0 amide bonds. The Balaban J connectivity index is 1.54. The highest BCUT2D eigenvalue weighted by Crippen LogP contribution is 2.30. The normalized spacial score (nSPS) is 11.7. The lowest BCUT2D eigenvalue weighted by Crippen LogP contribution is -2.02. The first-order valence-corrected chi connectivity index (χ1v) is 11.0. The third kappa shape index (κ3) is 7.67. The van der Waals surface area contributed by atoms with Gasteiger partial charge in [0.05, 0.1) is 0 Å². The minimum Gasteiger partial charge on any atom is -0.489 e. The van der Waals surface area contributed by atoms with Crippen LogP contribution in [-0.4, -0.2) is 5.25 Å². The van der Waals surface area contributed by atoms with Gasteiger partial charge in [0, 0.05) is 14.6 Å². The molecule has 0 aliphatic heterocycles. The van der Waals surface area contributed by atoms with Crippen LogP contribution in [0.2, 0.25) is 0 Å². The van der Waals surface area contributed by atoms with Crippen molar-refractivity contribution >= 4 is 27.7 Å². The predicted molar refractivity (Wildman–Crippen MR) is 120 cm³/mol. The fraction of sp³-hybridized carbons (Fsp3) is 0.167. The van der Waals surface area contributed by atoms with Gasteiger partial charge >= 0.3 is 0 Å². The van der Waals surface area contributed by atoms with Crippen LogP contribution in [0.4, 0.5) is 8.78 Å². The molecule has 1 atom stereocenters. The Hall–Kier alpha value is -2.11. The Labute approximate surface area is 182 Å². The first-order valence-electron chi connectivity index (χ1n) is 9.29. The van der Waals surface area contributed by atoms with Crippen LogP contribution in [0.3, 0.4) is 0 Å². The first kappa shape index (κ1) is 21.6. The second-order valence-corrected chi connectivity index (χ2v) is 8.75. The number of ether oxygens (including phenoxy) is 1. The summed E-state index contributed by atoms with van der Waals surface area (Å²) in [6.45, 7) is 0.520. The Kier molecular flexibility index (Phi) is 8.32. The predicted octanol–water partition coefficient (Wildman–Crippen LogP) is 7.90. The summed E-state index contributed by atoms with van der Waals surface area (Å²) in [7, 11) is 0. The summed E-state index contributed by atoms with van der Waals surface area (Å²) in [5.41, 5.74) is 2.22. The zero-order chi connectivity index (χ0) is 20.5. The number of thioether (sulfide) groups is 1. The Morgan fingerprint density at radius 3 is 2.24 bits per heavy atom. The molecule has 0 saturated carbocycles. The molecule has 0 aromatic heterocycles. The van der Waals surface area contributed by atoms with Gasteiger partial charge in [0.15, 0.2) is 0 Å². The average molecular weight is 475 g/mol. The molecule has 0 radical (unpaired) electrons. The molecule has 3 rings (SSSR count). The standard InChI is InChI=1S/C24H21BrF2OS/c25-20-9-14-22(15-10-20)29-23(16-24(26)27)13-8-18-6-11-21(12-7-18)28-17-19-4-2-1-3-5-19/h1-7,9-12,14-16,23H,8,13,17H2/t23-/m1/s1. The van der Waals surface area contributed by atoms with Crippen LogP contribution in [0.5, 0.6) is 5.75 Å². The minimum atomic E-state index is -1.63. The topological polar surface area (TPSA) is 9.23 Å². The summed E-state index contributed by atoms with van der Waals surface area (Å²) >= 11 is 4.84. The molecule has 3 aromatic rings. The van der Waals surface area contributed by atoms with Crippen molar-refractivity contribution < 1.29 is 13.5 Å². The molecular formula is C24H21BrF2OS. The van der Waals surface area contributed by atoms with Gasteiger partial charge in [-0.15, -0.1) is 11.8 Å². The van der Waals surface area contributed by atoms with E-state index in [1.165, 1.54) is 11.8 Å². The highest BCUT2D eigenvalue weighted by atomic mass is 79.9. The summed E-state index contributed by atoms with van der Waals surface area (Å²) in [6, 6.07) is 25.6. The average Bonchev–Trinajstić information content (AvgIpc) is 2.73. The molecule has 0 saturated heterocycles. The first-order chi connectivity index (χ1) is 14.1. The molecule has 0 bridgehead atoms. The summed E-state index contributed by atoms with van der Waals surface area (Å²) in [4.78, 5) is 0.973. The molecule has 29 heavy (non-hydrogen) atoms. The lowest BCUT2D eigenvalue weighted by molar-refractivity contribution is 0.306. The van der Waals surface area contributed by atoms with Gasteiger partial charge in [-0.2, -0.15) is 8.78 Å². The fourth-order valence-corrected chi connectivity index (χ4v) is 4.12. The molecule has 0 unspecified atom stereocenters. The van der Waals surface area contributed by atoms with Crippen molar-refractivity contribution in [3.63, 3.8) is 0 Å². The van der Waals surface area contributed by atoms with Crippen molar-refractivity contribution in [3.05, 3.63) is 107 Å². The molecule has 3 aromatic carbocycles. The second kappa shape index (κ2) is 11.2. The molecule has 0 heterocycles. The summed E-state index contributed by atoms with van der Waals surface area (Å²) in [5, 5.41) is -0.282. The van der Waals surface area contributed by atoms with Gasteiger partial charge in [-0.25, -0.2) is 0 Å². The van der Waals surface area contributed by atoms with E-state index in [-0.39, 0.29) is 5.25 Å². The molecular weight excluding hydrogens is 454 g/mol. The van der Waals surface area contributed by atoms with Crippen molar-refractivity contribution in [3.8, 4) is 5.75 Å². The zero-order valence-electron chi connectivity index (χ0n) is 15.7. The lowest BCUT2D eigenvalue weighted by Gasteiger charge is -2.13. The Bertz CT molecular complexity index is 908. The number of aryl methyl sites for hydroxylation is 1. The Morgan fingerprint density at radius 1 is 0.897 bits per heavy atom. The molecule has 5 heteroatoms. The van der Waals surface area contributed by atoms with Crippen molar-refractivity contribution in [2.75, 3.05) is 0 Å². The zero-order valence-corrected chi connectivity index (χ0v) is 18.1. The van der Waals surface area contributed by atoms with E-state index in [0.29, 0.717) is 13.0 Å². The second-order valence-electron chi connectivity index (χ2n) is 6.52. The summed E-state index contributed by atoms with van der Waals surface area (Å²) < 4.78 is 32.5. The van der Waals surface area contributed by atoms with E-state index < -0.39 is 6.08 Å². The summed E-state index contributed by atoms with van der Waals surface area (Å²) in [5.74, 6) is 0.799. The van der Waals surface area contributed by atoms with Crippen molar-refractivity contribution in [2.24, 2.45) is 0 Å². The largest absolute Gasteiger partial charge is 0.489 e. The maximum Gasteiger partial charge on any atom is 0.267 e. The number of rotatable bonds is 9. The van der Waals surface area contributed by atoms with E-state index in [4.69, 9.17) is 4.74 Å². The monoisotopic (exact) mass is 474 g/mol. The molecule has 150 valence electrons. The quantitative estimate of drug-likeness (QED) is 0.291. The van der Waals surface area contributed by atoms with Gasteiger partial charge in [0.1, 0.15) is 12.4 Å². The van der Waals surface area contributed by atoms with Gasteiger partial charge in [-0.3, -0.25) is 0 Å².